The van der Waals surface area contributed by atoms with Gasteiger partial charge in [0, 0.05) is 18.7 Å². The van der Waals surface area contributed by atoms with Crippen LogP contribution in [0.2, 0.25) is 0 Å². The second-order valence-electron chi connectivity index (χ2n) is 6.49. The molecule has 0 spiro atoms. The Balaban J connectivity index is 1.30. The molecule has 0 saturated carbocycles. The third-order valence-electron chi connectivity index (χ3n) is 4.53. The number of anilines is 2. The summed E-state index contributed by atoms with van der Waals surface area (Å²) in [6.45, 7) is 0.152. The van der Waals surface area contributed by atoms with Gasteiger partial charge in [-0.1, -0.05) is 41.7 Å². The summed E-state index contributed by atoms with van der Waals surface area (Å²) >= 11 is 1.38. The van der Waals surface area contributed by atoms with Crippen LogP contribution >= 0.6 is 11.3 Å². The van der Waals surface area contributed by atoms with Crippen LogP contribution in [0.1, 0.15) is 6.42 Å². The quantitative estimate of drug-likeness (QED) is 0.695. The zero-order valence-corrected chi connectivity index (χ0v) is 15.7. The molecule has 4 rings (SSSR count). The summed E-state index contributed by atoms with van der Waals surface area (Å²) in [5.41, 5.74) is 1.59. The van der Waals surface area contributed by atoms with E-state index >= 15 is 0 Å². The van der Waals surface area contributed by atoms with Crippen molar-refractivity contribution in [1.29, 1.82) is 0 Å². The molecule has 1 aliphatic heterocycles. The van der Waals surface area contributed by atoms with E-state index in [9.17, 15) is 14.4 Å². The van der Waals surface area contributed by atoms with Crippen LogP contribution in [-0.2, 0) is 14.4 Å². The van der Waals surface area contributed by atoms with Crippen molar-refractivity contribution in [2.24, 2.45) is 5.92 Å². The maximum atomic E-state index is 12.4. The number of para-hydroxylation sites is 2. The number of carbonyl (C=O) groups excluding carboxylic acids is 3. The molecule has 0 bridgehead atoms. The third-order valence-corrected chi connectivity index (χ3v) is 5.48. The van der Waals surface area contributed by atoms with Gasteiger partial charge in [0.25, 0.3) is 0 Å². The van der Waals surface area contributed by atoms with Gasteiger partial charge >= 0.3 is 0 Å². The maximum Gasteiger partial charge on any atom is 0.245 e. The van der Waals surface area contributed by atoms with Crippen LogP contribution in [0.15, 0.2) is 54.6 Å². The first-order chi connectivity index (χ1) is 13.6. The first-order valence-corrected chi connectivity index (χ1v) is 9.70. The van der Waals surface area contributed by atoms with E-state index in [-0.39, 0.29) is 30.7 Å². The Hall–Kier alpha value is -3.26. The number of thiazole rings is 1. The second kappa shape index (κ2) is 7.77. The zero-order chi connectivity index (χ0) is 19.5. The number of benzene rings is 2. The number of carbonyl (C=O) groups is 3. The molecule has 142 valence electrons. The van der Waals surface area contributed by atoms with E-state index in [0.29, 0.717) is 11.7 Å². The Morgan fingerprint density at radius 3 is 2.64 bits per heavy atom. The molecule has 0 unspecified atom stereocenters. The number of amides is 3. The summed E-state index contributed by atoms with van der Waals surface area (Å²) in [7, 11) is 0. The van der Waals surface area contributed by atoms with Crippen LogP contribution in [0.4, 0.5) is 10.8 Å². The van der Waals surface area contributed by atoms with E-state index in [1.165, 1.54) is 11.3 Å². The number of nitrogens with one attached hydrogen (secondary N) is 2. The van der Waals surface area contributed by atoms with Gasteiger partial charge < -0.3 is 15.5 Å². The van der Waals surface area contributed by atoms with Crippen LogP contribution in [0, 0.1) is 5.92 Å². The van der Waals surface area contributed by atoms with Crippen LogP contribution in [0.25, 0.3) is 10.2 Å². The Morgan fingerprint density at radius 2 is 1.86 bits per heavy atom. The molecule has 1 aromatic heterocycles. The number of aromatic nitrogens is 1. The lowest BCUT2D eigenvalue weighted by molar-refractivity contribution is -0.127. The van der Waals surface area contributed by atoms with Gasteiger partial charge in [-0.3, -0.25) is 14.4 Å². The Kier molecular flexibility index (Phi) is 5.03. The molecule has 3 aromatic rings. The van der Waals surface area contributed by atoms with Crippen LogP contribution in [-0.4, -0.2) is 35.8 Å². The van der Waals surface area contributed by atoms with E-state index in [2.05, 4.69) is 15.6 Å². The highest BCUT2D eigenvalue weighted by molar-refractivity contribution is 7.22. The minimum atomic E-state index is -0.469. The molecule has 3 amide bonds. The highest BCUT2D eigenvalue weighted by atomic mass is 32.1. The molecule has 7 nitrogen and oxygen atoms in total. The summed E-state index contributed by atoms with van der Waals surface area (Å²) in [6.07, 6.45) is 0.139. The standard InChI is InChI=1S/C20H18N4O3S/c25-17(23-20-22-15-8-4-5-9-16(15)28-20)11-21-19(27)13-10-18(26)24(12-13)14-6-2-1-3-7-14/h1-9,13H,10-12H2,(H,21,27)(H,22,23,25)/t13-/m1/s1. The van der Waals surface area contributed by atoms with Crippen LogP contribution in [0.5, 0.6) is 0 Å². The van der Waals surface area contributed by atoms with Gasteiger partial charge in [-0.05, 0) is 24.3 Å². The lowest BCUT2D eigenvalue weighted by atomic mass is 10.1. The fourth-order valence-electron chi connectivity index (χ4n) is 3.14. The highest BCUT2D eigenvalue weighted by Gasteiger charge is 2.35. The van der Waals surface area contributed by atoms with Crippen molar-refractivity contribution in [2.45, 2.75) is 6.42 Å². The maximum absolute atomic E-state index is 12.4. The van der Waals surface area contributed by atoms with Crippen molar-refractivity contribution in [2.75, 3.05) is 23.3 Å². The molecule has 0 aliphatic carbocycles. The minimum absolute atomic E-state index is 0.0923. The van der Waals surface area contributed by atoms with E-state index < -0.39 is 5.92 Å². The number of rotatable bonds is 5. The summed E-state index contributed by atoms with van der Waals surface area (Å²) < 4.78 is 0.979. The largest absolute Gasteiger partial charge is 0.347 e. The molecule has 28 heavy (non-hydrogen) atoms. The predicted molar refractivity (Wildman–Crippen MR) is 108 cm³/mol. The normalized spacial score (nSPS) is 16.4. The average molecular weight is 394 g/mol. The van der Waals surface area contributed by atoms with E-state index in [1.807, 2.05) is 54.6 Å². The number of hydrogen-bond acceptors (Lipinski definition) is 5. The Morgan fingerprint density at radius 1 is 1.11 bits per heavy atom. The van der Waals surface area contributed by atoms with Gasteiger partial charge in [-0.25, -0.2) is 4.98 Å². The minimum Gasteiger partial charge on any atom is -0.347 e. The smallest absolute Gasteiger partial charge is 0.245 e. The van der Waals surface area contributed by atoms with Crippen molar-refractivity contribution >= 4 is 50.1 Å². The van der Waals surface area contributed by atoms with Gasteiger partial charge in [0.1, 0.15) is 0 Å². The molecule has 1 saturated heterocycles. The van der Waals surface area contributed by atoms with Crippen molar-refractivity contribution < 1.29 is 14.4 Å². The van der Waals surface area contributed by atoms with E-state index in [1.54, 1.807) is 4.90 Å². The Bertz CT molecular complexity index is 1000. The predicted octanol–water partition coefficient (Wildman–Crippen LogP) is 2.40. The lowest BCUT2D eigenvalue weighted by Crippen LogP contribution is -2.37. The van der Waals surface area contributed by atoms with Gasteiger partial charge in [-0.2, -0.15) is 0 Å². The lowest BCUT2D eigenvalue weighted by Gasteiger charge is -2.16. The molecule has 2 N–H and O–H groups in total. The second-order valence-corrected chi connectivity index (χ2v) is 7.52. The molecular weight excluding hydrogens is 376 g/mol. The van der Waals surface area contributed by atoms with E-state index in [4.69, 9.17) is 0 Å². The molecule has 0 radical (unpaired) electrons. The van der Waals surface area contributed by atoms with Crippen molar-refractivity contribution in [1.82, 2.24) is 10.3 Å². The molecule has 1 fully saturated rings. The third kappa shape index (κ3) is 3.86. The fraction of sp³-hybridized carbons (Fsp3) is 0.200. The summed E-state index contributed by atoms with van der Waals surface area (Å²) in [4.78, 5) is 42.7. The summed E-state index contributed by atoms with van der Waals surface area (Å²) in [5, 5.41) is 5.81. The van der Waals surface area contributed by atoms with Crippen LogP contribution in [0.3, 0.4) is 0 Å². The molecular formula is C20H18N4O3S. The summed E-state index contributed by atoms with van der Waals surface area (Å²) in [5.74, 6) is -1.21. The molecule has 1 atom stereocenters. The number of fused-ring (bicyclic) bond motifs is 1. The van der Waals surface area contributed by atoms with Gasteiger partial charge in [0.15, 0.2) is 5.13 Å². The van der Waals surface area contributed by atoms with Gasteiger partial charge in [-0.15, -0.1) is 0 Å². The van der Waals surface area contributed by atoms with Crippen molar-refractivity contribution in [3.05, 3.63) is 54.6 Å². The number of hydrogen-bond donors (Lipinski definition) is 2. The zero-order valence-electron chi connectivity index (χ0n) is 14.9. The van der Waals surface area contributed by atoms with Gasteiger partial charge in [0.2, 0.25) is 17.7 Å². The highest BCUT2D eigenvalue weighted by Crippen LogP contribution is 2.26. The van der Waals surface area contributed by atoms with Crippen molar-refractivity contribution in [3.63, 3.8) is 0 Å². The monoisotopic (exact) mass is 394 g/mol. The molecule has 1 aliphatic rings. The molecule has 2 heterocycles. The SMILES string of the molecule is O=C(CNC(=O)[C@@H]1CC(=O)N(c2ccccc2)C1)Nc1nc2ccccc2s1. The summed E-state index contributed by atoms with van der Waals surface area (Å²) in [6, 6.07) is 16.8. The number of nitrogens with zero attached hydrogens (tertiary/aromatic N) is 2. The van der Waals surface area contributed by atoms with Gasteiger partial charge in [0.05, 0.1) is 22.7 Å². The average Bonchev–Trinajstić information content (AvgIpc) is 3.29. The first kappa shape index (κ1) is 18.1. The van der Waals surface area contributed by atoms with Crippen molar-refractivity contribution in [3.8, 4) is 0 Å². The topological polar surface area (TPSA) is 91.4 Å². The molecule has 2 aromatic carbocycles. The van der Waals surface area contributed by atoms with Crippen LogP contribution < -0.4 is 15.5 Å². The van der Waals surface area contributed by atoms with E-state index in [0.717, 1.165) is 15.9 Å². The molecule has 8 heteroatoms. The fourth-order valence-corrected chi connectivity index (χ4v) is 4.02. The first-order valence-electron chi connectivity index (χ1n) is 8.89. The Labute approximate surface area is 165 Å².